The Hall–Kier alpha value is -1.49. The molecule has 5 heteroatoms. The summed E-state index contributed by atoms with van der Waals surface area (Å²) in [5.74, 6) is 1.68. The van der Waals surface area contributed by atoms with E-state index >= 15 is 0 Å². The molecule has 0 heterocycles. The Balaban J connectivity index is 1.59. The molecule has 0 saturated heterocycles. The van der Waals surface area contributed by atoms with Crippen molar-refractivity contribution in [3.8, 4) is 0 Å². The number of thioether (sulfide) groups is 1. The number of hydrogen-bond donors (Lipinski definition) is 1. The van der Waals surface area contributed by atoms with Gasteiger partial charge in [0.25, 0.3) is 5.91 Å². The zero-order chi connectivity index (χ0) is 20.8. The smallest absolute Gasteiger partial charge is 0.252 e. The third-order valence-electron chi connectivity index (χ3n) is 7.02. The van der Waals surface area contributed by atoms with Crippen LogP contribution in [0.1, 0.15) is 75.6 Å². The SMILES string of the molecule is CC1CCCC(NC(=O)c2ccccc2SCC(=O)N(C)C2CCCCC2)C1C. The minimum Gasteiger partial charge on any atom is -0.349 e. The van der Waals surface area contributed by atoms with Gasteiger partial charge in [0.1, 0.15) is 0 Å². The van der Waals surface area contributed by atoms with E-state index in [1.165, 1.54) is 43.9 Å². The molecule has 1 N–H and O–H groups in total. The van der Waals surface area contributed by atoms with Crippen molar-refractivity contribution >= 4 is 23.6 Å². The van der Waals surface area contributed by atoms with Gasteiger partial charge in [-0.2, -0.15) is 0 Å². The maximum Gasteiger partial charge on any atom is 0.252 e. The lowest BCUT2D eigenvalue weighted by molar-refractivity contribution is -0.129. The van der Waals surface area contributed by atoms with E-state index in [1.807, 2.05) is 36.2 Å². The van der Waals surface area contributed by atoms with Gasteiger partial charge in [0.05, 0.1) is 11.3 Å². The molecular weight excluding hydrogens is 380 g/mol. The summed E-state index contributed by atoms with van der Waals surface area (Å²) >= 11 is 1.49. The van der Waals surface area contributed by atoms with Crippen LogP contribution in [-0.4, -0.2) is 41.6 Å². The van der Waals surface area contributed by atoms with Gasteiger partial charge in [-0.1, -0.05) is 58.1 Å². The number of amides is 2. The zero-order valence-electron chi connectivity index (χ0n) is 18.2. The summed E-state index contributed by atoms with van der Waals surface area (Å²) in [7, 11) is 1.93. The minimum atomic E-state index is -0.00728. The summed E-state index contributed by atoms with van der Waals surface area (Å²) in [6.07, 6.45) is 9.43. The van der Waals surface area contributed by atoms with Gasteiger partial charge < -0.3 is 10.2 Å². The maximum absolute atomic E-state index is 13.0. The number of carbonyl (C=O) groups excluding carboxylic acids is 2. The van der Waals surface area contributed by atoms with Crippen molar-refractivity contribution in [2.75, 3.05) is 12.8 Å². The van der Waals surface area contributed by atoms with Crippen molar-refractivity contribution in [2.45, 2.75) is 82.2 Å². The Bertz CT molecular complexity index is 702. The van der Waals surface area contributed by atoms with Crippen molar-refractivity contribution < 1.29 is 9.59 Å². The van der Waals surface area contributed by atoms with Gasteiger partial charge in [-0.05, 0) is 43.2 Å². The van der Waals surface area contributed by atoms with Crippen LogP contribution in [0.15, 0.2) is 29.2 Å². The average Bonchev–Trinajstić information content (AvgIpc) is 2.75. The molecule has 0 bridgehead atoms. The Labute approximate surface area is 180 Å². The van der Waals surface area contributed by atoms with E-state index in [1.54, 1.807) is 0 Å². The molecule has 2 fully saturated rings. The van der Waals surface area contributed by atoms with Gasteiger partial charge in [-0.3, -0.25) is 9.59 Å². The summed E-state index contributed by atoms with van der Waals surface area (Å²) in [5.41, 5.74) is 0.691. The first-order valence-corrected chi connectivity index (χ1v) is 12.2. The molecule has 2 aliphatic carbocycles. The first-order valence-electron chi connectivity index (χ1n) is 11.3. The van der Waals surface area contributed by atoms with Crippen LogP contribution >= 0.6 is 11.8 Å². The fourth-order valence-electron chi connectivity index (χ4n) is 4.73. The molecule has 3 unspecified atom stereocenters. The Morgan fingerprint density at radius 3 is 2.52 bits per heavy atom. The third kappa shape index (κ3) is 5.78. The molecule has 0 radical (unpaired) electrons. The lowest BCUT2D eigenvalue weighted by atomic mass is 9.78. The molecule has 1 aromatic carbocycles. The summed E-state index contributed by atoms with van der Waals surface area (Å²) in [6.45, 7) is 4.52. The van der Waals surface area contributed by atoms with Crippen molar-refractivity contribution in [2.24, 2.45) is 11.8 Å². The number of rotatable bonds is 6. The van der Waals surface area contributed by atoms with Crippen LogP contribution in [0.5, 0.6) is 0 Å². The molecule has 2 aliphatic rings. The van der Waals surface area contributed by atoms with E-state index < -0.39 is 0 Å². The third-order valence-corrected chi connectivity index (χ3v) is 8.08. The molecule has 1 aromatic rings. The van der Waals surface area contributed by atoms with E-state index in [0.29, 0.717) is 29.2 Å². The van der Waals surface area contributed by atoms with E-state index in [4.69, 9.17) is 0 Å². The molecule has 29 heavy (non-hydrogen) atoms. The van der Waals surface area contributed by atoms with Gasteiger partial charge in [0.15, 0.2) is 0 Å². The molecule has 4 nitrogen and oxygen atoms in total. The summed E-state index contributed by atoms with van der Waals surface area (Å²) < 4.78 is 0. The number of benzene rings is 1. The standard InChI is InChI=1S/C24H36N2O2S/c1-17-10-9-14-21(18(17)2)25-24(28)20-13-7-8-15-22(20)29-16-23(27)26(3)19-11-5-4-6-12-19/h7-8,13,15,17-19,21H,4-6,9-12,14,16H2,1-3H3,(H,25,28). The summed E-state index contributed by atoms with van der Waals surface area (Å²) in [5, 5.41) is 3.27. The number of hydrogen-bond acceptors (Lipinski definition) is 3. The highest BCUT2D eigenvalue weighted by Crippen LogP contribution is 2.30. The molecule has 160 valence electrons. The van der Waals surface area contributed by atoms with E-state index in [0.717, 1.165) is 24.2 Å². The van der Waals surface area contributed by atoms with Crippen LogP contribution in [-0.2, 0) is 4.79 Å². The lowest BCUT2D eigenvalue weighted by Gasteiger charge is -2.34. The van der Waals surface area contributed by atoms with Crippen molar-refractivity contribution in [3.05, 3.63) is 29.8 Å². The van der Waals surface area contributed by atoms with E-state index in [2.05, 4.69) is 19.2 Å². The largest absolute Gasteiger partial charge is 0.349 e. The molecule has 0 spiro atoms. The first kappa shape index (κ1) is 22.2. The lowest BCUT2D eigenvalue weighted by Crippen LogP contribution is -2.43. The van der Waals surface area contributed by atoms with Crippen LogP contribution in [0.25, 0.3) is 0 Å². The summed E-state index contributed by atoms with van der Waals surface area (Å²) in [6, 6.07) is 8.31. The molecule has 3 atom stereocenters. The number of nitrogens with one attached hydrogen (secondary N) is 1. The quantitative estimate of drug-likeness (QED) is 0.655. The van der Waals surface area contributed by atoms with Gasteiger partial charge in [-0.15, -0.1) is 11.8 Å². The van der Waals surface area contributed by atoms with Crippen LogP contribution < -0.4 is 5.32 Å². The monoisotopic (exact) mass is 416 g/mol. The second-order valence-corrected chi connectivity index (χ2v) is 9.95. The predicted molar refractivity (Wildman–Crippen MR) is 120 cm³/mol. The highest BCUT2D eigenvalue weighted by molar-refractivity contribution is 8.00. The van der Waals surface area contributed by atoms with Crippen molar-refractivity contribution in [1.29, 1.82) is 0 Å². The normalized spacial score (nSPS) is 25.4. The van der Waals surface area contributed by atoms with Crippen molar-refractivity contribution in [1.82, 2.24) is 10.2 Å². The fraction of sp³-hybridized carbons (Fsp3) is 0.667. The van der Waals surface area contributed by atoms with Gasteiger partial charge in [0.2, 0.25) is 5.91 Å². The van der Waals surface area contributed by atoms with Gasteiger partial charge >= 0.3 is 0 Å². The number of carbonyl (C=O) groups is 2. The minimum absolute atomic E-state index is 0.00728. The molecule has 0 aliphatic heterocycles. The van der Waals surface area contributed by atoms with E-state index in [9.17, 15) is 9.59 Å². The topological polar surface area (TPSA) is 49.4 Å². The van der Waals surface area contributed by atoms with Crippen molar-refractivity contribution in [3.63, 3.8) is 0 Å². The second kappa shape index (κ2) is 10.5. The summed E-state index contributed by atoms with van der Waals surface area (Å²) in [4.78, 5) is 28.5. The second-order valence-electron chi connectivity index (χ2n) is 8.93. The Kier molecular flexibility index (Phi) is 8.05. The van der Waals surface area contributed by atoms with Crippen LogP contribution in [0.3, 0.4) is 0 Å². The number of nitrogens with zero attached hydrogens (tertiary/aromatic N) is 1. The van der Waals surface area contributed by atoms with Gasteiger partial charge in [-0.25, -0.2) is 0 Å². The zero-order valence-corrected chi connectivity index (χ0v) is 19.0. The van der Waals surface area contributed by atoms with Crippen LogP contribution in [0.2, 0.25) is 0 Å². The molecule has 2 amide bonds. The van der Waals surface area contributed by atoms with Crippen LogP contribution in [0, 0.1) is 11.8 Å². The van der Waals surface area contributed by atoms with Gasteiger partial charge in [0, 0.05) is 24.0 Å². The average molecular weight is 417 g/mol. The highest BCUT2D eigenvalue weighted by Gasteiger charge is 2.29. The molecular formula is C24H36N2O2S. The maximum atomic E-state index is 13.0. The highest BCUT2D eigenvalue weighted by atomic mass is 32.2. The molecule has 0 aromatic heterocycles. The Morgan fingerprint density at radius 2 is 1.76 bits per heavy atom. The Morgan fingerprint density at radius 1 is 1.03 bits per heavy atom. The first-order chi connectivity index (χ1) is 14.0. The fourth-order valence-corrected chi connectivity index (χ4v) is 5.70. The molecule has 3 rings (SSSR count). The van der Waals surface area contributed by atoms with E-state index in [-0.39, 0.29) is 17.9 Å². The molecule has 2 saturated carbocycles. The van der Waals surface area contributed by atoms with Crippen LogP contribution in [0.4, 0.5) is 0 Å². The predicted octanol–water partition coefficient (Wildman–Crippen LogP) is 5.12.